The number of nitrogens with zero attached hydrogens (tertiary/aromatic N) is 1. The molecule has 90 valence electrons. The van der Waals surface area contributed by atoms with Crippen LogP contribution in [0, 0.1) is 23.5 Å². The minimum Gasteiger partial charge on any atom is -0.293 e. The summed E-state index contributed by atoms with van der Waals surface area (Å²) in [7, 11) is 0. The van der Waals surface area contributed by atoms with Crippen molar-refractivity contribution in [3.8, 4) is 5.40 Å². The van der Waals surface area contributed by atoms with Crippen molar-refractivity contribution in [2.45, 2.75) is 26.0 Å². The Hall–Kier alpha value is -0.980. The lowest BCUT2D eigenvalue weighted by atomic mass is 9.99. The van der Waals surface area contributed by atoms with E-state index in [1.807, 2.05) is 26.2 Å². The molecule has 1 unspecified atom stereocenters. The highest BCUT2D eigenvalue weighted by Gasteiger charge is 2.24. The zero-order valence-electron chi connectivity index (χ0n) is 10.0. The third-order valence-electron chi connectivity index (χ3n) is 2.49. The highest BCUT2D eigenvalue weighted by molar-refractivity contribution is 8.05. The van der Waals surface area contributed by atoms with Gasteiger partial charge < -0.3 is 0 Å². The number of aryl methyl sites for hydroxylation is 1. The van der Waals surface area contributed by atoms with Gasteiger partial charge in [0.2, 0.25) is 0 Å². The zero-order chi connectivity index (χ0) is 13.0. The molecule has 1 aromatic rings. The first-order valence-electron chi connectivity index (χ1n) is 5.32. The van der Waals surface area contributed by atoms with Crippen LogP contribution in [0.25, 0.3) is 0 Å². The van der Waals surface area contributed by atoms with Crippen LogP contribution in [0.2, 0.25) is 5.02 Å². The van der Waals surface area contributed by atoms with Crippen molar-refractivity contribution < 1.29 is 4.79 Å². The van der Waals surface area contributed by atoms with E-state index in [-0.39, 0.29) is 17.0 Å². The molecule has 0 aromatic heterocycles. The second-order valence-corrected chi connectivity index (χ2v) is 5.54. The van der Waals surface area contributed by atoms with Crippen LogP contribution in [0.3, 0.4) is 0 Å². The maximum absolute atomic E-state index is 12.2. The minimum absolute atomic E-state index is 0.00804. The zero-order valence-corrected chi connectivity index (χ0v) is 11.6. The summed E-state index contributed by atoms with van der Waals surface area (Å²) in [5, 5.41) is 11.0. The van der Waals surface area contributed by atoms with Gasteiger partial charge in [0.1, 0.15) is 5.40 Å². The molecule has 0 aliphatic carbocycles. The van der Waals surface area contributed by atoms with E-state index in [1.54, 1.807) is 18.2 Å². The number of ketones is 1. The van der Waals surface area contributed by atoms with Gasteiger partial charge in [-0.2, -0.15) is 5.26 Å². The third-order valence-corrected chi connectivity index (χ3v) is 4.03. The smallest absolute Gasteiger partial charge is 0.177 e. The molecule has 0 saturated heterocycles. The molecule has 0 N–H and O–H groups in total. The number of Topliss-reactive ketones (excluding diaryl/α,β-unsaturated/α-hetero) is 1. The molecule has 1 rings (SSSR count). The first-order chi connectivity index (χ1) is 7.97. The van der Waals surface area contributed by atoms with Crippen molar-refractivity contribution in [2.24, 2.45) is 5.92 Å². The van der Waals surface area contributed by atoms with Crippen LogP contribution in [0.15, 0.2) is 18.2 Å². The van der Waals surface area contributed by atoms with Gasteiger partial charge in [0.25, 0.3) is 0 Å². The van der Waals surface area contributed by atoms with Gasteiger partial charge in [-0.05, 0) is 48.4 Å². The average molecular weight is 268 g/mol. The van der Waals surface area contributed by atoms with Gasteiger partial charge in [0, 0.05) is 10.6 Å². The Bertz CT molecular complexity index is 465. The summed E-state index contributed by atoms with van der Waals surface area (Å²) < 4.78 is 0. The molecule has 0 aliphatic heterocycles. The fraction of sp³-hybridized carbons (Fsp3) is 0.385. The van der Waals surface area contributed by atoms with E-state index in [2.05, 4.69) is 0 Å². The summed E-state index contributed by atoms with van der Waals surface area (Å²) in [6, 6.07) is 5.21. The summed E-state index contributed by atoms with van der Waals surface area (Å²) in [5.74, 6) is 0.120. The Kier molecular flexibility index (Phi) is 5.04. The lowest BCUT2D eigenvalue weighted by molar-refractivity contribution is 0.0976. The largest absolute Gasteiger partial charge is 0.293 e. The Balaban J connectivity index is 3.02. The van der Waals surface area contributed by atoms with Crippen molar-refractivity contribution in [1.29, 1.82) is 5.26 Å². The number of rotatable bonds is 4. The van der Waals surface area contributed by atoms with Crippen LogP contribution in [0.1, 0.15) is 29.8 Å². The number of hydrogen-bond donors (Lipinski definition) is 0. The van der Waals surface area contributed by atoms with Crippen LogP contribution in [0.5, 0.6) is 0 Å². The Labute approximate surface area is 111 Å². The molecular weight excluding hydrogens is 254 g/mol. The maximum atomic E-state index is 12.2. The number of carbonyl (C=O) groups is 1. The quantitative estimate of drug-likeness (QED) is 0.610. The van der Waals surface area contributed by atoms with Gasteiger partial charge in [-0.25, -0.2) is 0 Å². The Morgan fingerprint density at radius 3 is 2.59 bits per heavy atom. The van der Waals surface area contributed by atoms with E-state index < -0.39 is 0 Å². The van der Waals surface area contributed by atoms with Crippen molar-refractivity contribution in [3.63, 3.8) is 0 Å². The van der Waals surface area contributed by atoms with Crippen molar-refractivity contribution >= 4 is 29.1 Å². The van der Waals surface area contributed by atoms with Crippen LogP contribution < -0.4 is 0 Å². The van der Waals surface area contributed by atoms with Crippen LogP contribution >= 0.6 is 23.4 Å². The molecule has 4 heteroatoms. The van der Waals surface area contributed by atoms with Crippen molar-refractivity contribution in [2.75, 3.05) is 0 Å². The second kappa shape index (κ2) is 6.09. The summed E-state index contributed by atoms with van der Waals surface area (Å²) in [5.41, 5.74) is 1.50. The molecule has 2 nitrogen and oxygen atoms in total. The van der Waals surface area contributed by atoms with Crippen molar-refractivity contribution in [1.82, 2.24) is 0 Å². The summed E-state index contributed by atoms with van der Waals surface area (Å²) in [6.07, 6.45) is 0. The predicted molar refractivity (Wildman–Crippen MR) is 72.3 cm³/mol. The second-order valence-electron chi connectivity index (χ2n) is 4.20. The van der Waals surface area contributed by atoms with Crippen LogP contribution in [-0.2, 0) is 0 Å². The van der Waals surface area contributed by atoms with Gasteiger partial charge >= 0.3 is 0 Å². The summed E-state index contributed by atoms with van der Waals surface area (Å²) in [6.45, 7) is 5.74. The highest BCUT2D eigenvalue weighted by Crippen LogP contribution is 2.25. The van der Waals surface area contributed by atoms with E-state index in [0.29, 0.717) is 10.6 Å². The normalized spacial score (nSPS) is 12.2. The lowest BCUT2D eigenvalue weighted by Crippen LogP contribution is -2.22. The molecule has 0 radical (unpaired) electrons. The first-order valence-corrected chi connectivity index (χ1v) is 6.58. The molecule has 0 bridgehead atoms. The fourth-order valence-electron chi connectivity index (χ4n) is 1.51. The van der Waals surface area contributed by atoms with Gasteiger partial charge in [-0.3, -0.25) is 4.79 Å². The highest BCUT2D eigenvalue weighted by atomic mass is 35.5. The van der Waals surface area contributed by atoms with E-state index in [0.717, 1.165) is 17.3 Å². The van der Waals surface area contributed by atoms with E-state index in [9.17, 15) is 4.79 Å². The Morgan fingerprint density at radius 1 is 1.47 bits per heavy atom. The van der Waals surface area contributed by atoms with Gasteiger partial charge in [0.15, 0.2) is 5.78 Å². The SMILES string of the molecule is Cc1cc(C(=O)C(SC#N)C(C)C)ccc1Cl. The predicted octanol–water partition coefficient (Wildman–Crippen LogP) is 4.07. The Morgan fingerprint density at radius 2 is 2.12 bits per heavy atom. The number of hydrogen-bond acceptors (Lipinski definition) is 3. The molecule has 0 fully saturated rings. The lowest BCUT2D eigenvalue weighted by Gasteiger charge is -2.15. The third kappa shape index (κ3) is 3.49. The molecule has 0 saturated carbocycles. The summed E-state index contributed by atoms with van der Waals surface area (Å²) >= 11 is 6.94. The molecule has 0 aliphatic rings. The number of halogens is 1. The number of thioether (sulfide) groups is 1. The molecule has 0 amide bonds. The molecule has 1 atom stereocenters. The van der Waals surface area contributed by atoms with Gasteiger partial charge in [0.05, 0.1) is 5.25 Å². The summed E-state index contributed by atoms with van der Waals surface area (Å²) in [4.78, 5) is 12.2. The monoisotopic (exact) mass is 267 g/mol. The number of benzene rings is 1. The van der Waals surface area contributed by atoms with Crippen LogP contribution in [-0.4, -0.2) is 11.0 Å². The van der Waals surface area contributed by atoms with Gasteiger partial charge in [-0.1, -0.05) is 25.4 Å². The van der Waals surface area contributed by atoms with Gasteiger partial charge in [-0.15, -0.1) is 0 Å². The molecule has 1 aromatic carbocycles. The molecule has 0 spiro atoms. The molecular formula is C13H14ClNOS. The number of carbonyl (C=O) groups excluding carboxylic acids is 1. The molecule has 17 heavy (non-hydrogen) atoms. The van der Waals surface area contributed by atoms with Crippen LogP contribution in [0.4, 0.5) is 0 Å². The average Bonchev–Trinajstić information content (AvgIpc) is 2.28. The topological polar surface area (TPSA) is 40.9 Å². The van der Waals surface area contributed by atoms with Crippen molar-refractivity contribution in [3.05, 3.63) is 34.3 Å². The molecule has 0 heterocycles. The van der Waals surface area contributed by atoms with E-state index >= 15 is 0 Å². The standard InChI is InChI=1S/C13H14ClNOS/c1-8(2)13(17-7-15)12(16)10-4-5-11(14)9(3)6-10/h4-6,8,13H,1-3H3. The number of thiocyanates is 1. The number of nitriles is 1. The van der Waals surface area contributed by atoms with E-state index in [4.69, 9.17) is 16.9 Å². The first kappa shape index (κ1) is 14.1. The fourth-order valence-corrected chi connectivity index (χ4v) is 2.26. The maximum Gasteiger partial charge on any atom is 0.177 e. The van der Waals surface area contributed by atoms with E-state index in [1.165, 1.54) is 0 Å². The minimum atomic E-state index is -0.319.